The second-order valence-corrected chi connectivity index (χ2v) is 6.59. The number of likely N-dealkylation sites (tertiary alicyclic amines) is 1. The molecule has 0 N–H and O–H groups in total. The SMILES string of the molecule is Cc1cnc(C2CCN(CC3CC3)CC2)s1. The number of thiazole rings is 1. The Morgan fingerprint density at radius 1 is 1.31 bits per heavy atom. The quantitative estimate of drug-likeness (QED) is 0.802. The molecule has 0 amide bonds. The maximum Gasteiger partial charge on any atom is 0.0959 e. The zero-order valence-electron chi connectivity index (χ0n) is 9.98. The average molecular weight is 236 g/mol. The molecule has 3 heteroatoms. The summed E-state index contributed by atoms with van der Waals surface area (Å²) in [7, 11) is 0. The van der Waals surface area contributed by atoms with E-state index in [4.69, 9.17) is 0 Å². The summed E-state index contributed by atoms with van der Waals surface area (Å²) in [5, 5.41) is 1.38. The minimum absolute atomic E-state index is 0.745. The van der Waals surface area contributed by atoms with E-state index >= 15 is 0 Å². The molecule has 0 atom stereocenters. The molecular formula is C13H20N2S. The standard InChI is InChI=1S/C13H20N2S/c1-10-8-14-13(16-10)12-4-6-15(7-5-12)9-11-2-3-11/h8,11-12H,2-7,9H2,1H3. The van der Waals surface area contributed by atoms with Crippen LogP contribution in [0.5, 0.6) is 0 Å². The molecular weight excluding hydrogens is 216 g/mol. The lowest BCUT2D eigenvalue weighted by Gasteiger charge is -2.30. The summed E-state index contributed by atoms with van der Waals surface area (Å²) in [5.74, 6) is 1.79. The van der Waals surface area contributed by atoms with Gasteiger partial charge in [0, 0.05) is 23.5 Å². The monoisotopic (exact) mass is 236 g/mol. The van der Waals surface area contributed by atoms with E-state index in [9.17, 15) is 0 Å². The van der Waals surface area contributed by atoms with Crippen LogP contribution in [-0.2, 0) is 0 Å². The van der Waals surface area contributed by atoms with Gasteiger partial charge in [-0.2, -0.15) is 0 Å². The summed E-state index contributed by atoms with van der Waals surface area (Å²) in [6.07, 6.45) is 7.62. The van der Waals surface area contributed by atoms with Crippen LogP contribution in [-0.4, -0.2) is 29.5 Å². The second kappa shape index (κ2) is 4.46. The Bertz CT molecular complexity index is 349. The second-order valence-electron chi connectivity index (χ2n) is 5.33. The van der Waals surface area contributed by atoms with E-state index in [2.05, 4.69) is 16.8 Å². The molecule has 1 aromatic heterocycles. The highest BCUT2D eigenvalue weighted by atomic mass is 32.1. The molecule has 2 heterocycles. The van der Waals surface area contributed by atoms with Gasteiger partial charge >= 0.3 is 0 Å². The largest absolute Gasteiger partial charge is 0.303 e. The van der Waals surface area contributed by atoms with Gasteiger partial charge in [0.15, 0.2) is 0 Å². The molecule has 0 radical (unpaired) electrons. The Balaban J connectivity index is 1.53. The van der Waals surface area contributed by atoms with E-state index in [0.717, 1.165) is 11.8 Å². The lowest BCUT2D eigenvalue weighted by Crippen LogP contribution is -2.34. The van der Waals surface area contributed by atoms with Gasteiger partial charge in [0.1, 0.15) is 0 Å². The van der Waals surface area contributed by atoms with Gasteiger partial charge in [0.05, 0.1) is 5.01 Å². The molecule has 1 aliphatic heterocycles. The lowest BCUT2D eigenvalue weighted by molar-refractivity contribution is 0.204. The Hall–Kier alpha value is -0.410. The molecule has 3 rings (SSSR count). The number of aryl methyl sites for hydroxylation is 1. The van der Waals surface area contributed by atoms with Crippen molar-refractivity contribution in [2.75, 3.05) is 19.6 Å². The highest BCUT2D eigenvalue weighted by Crippen LogP contribution is 2.34. The van der Waals surface area contributed by atoms with Crippen LogP contribution in [0.15, 0.2) is 6.20 Å². The van der Waals surface area contributed by atoms with Crippen molar-refractivity contribution in [3.63, 3.8) is 0 Å². The molecule has 1 saturated heterocycles. The first-order valence-electron chi connectivity index (χ1n) is 6.46. The Morgan fingerprint density at radius 2 is 2.06 bits per heavy atom. The summed E-state index contributed by atoms with van der Waals surface area (Å²) in [5.41, 5.74) is 0. The summed E-state index contributed by atoms with van der Waals surface area (Å²) >= 11 is 1.89. The molecule has 1 aliphatic carbocycles. The Kier molecular flexibility index (Phi) is 2.99. The maximum atomic E-state index is 4.54. The van der Waals surface area contributed by atoms with Crippen molar-refractivity contribution in [3.05, 3.63) is 16.1 Å². The van der Waals surface area contributed by atoms with Crippen LogP contribution < -0.4 is 0 Å². The van der Waals surface area contributed by atoms with E-state index in [1.807, 2.05) is 17.5 Å². The van der Waals surface area contributed by atoms with Crippen LogP contribution in [0.3, 0.4) is 0 Å². The van der Waals surface area contributed by atoms with Crippen molar-refractivity contribution in [1.29, 1.82) is 0 Å². The predicted molar refractivity (Wildman–Crippen MR) is 68.0 cm³/mol. The topological polar surface area (TPSA) is 16.1 Å². The van der Waals surface area contributed by atoms with Crippen molar-refractivity contribution in [3.8, 4) is 0 Å². The number of nitrogens with zero attached hydrogens (tertiary/aromatic N) is 2. The normalized spacial score (nSPS) is 23.8. The molecule has 16 heavy (non-hydrogen) atoms. The van der Waals surface area contributed by atoms with E-state index in [-0.39, 0.29) is 0 Å². The number of hydrogen-bond acceptors (Lipinski definition) is 3. The minimum Gasteiger partial charge on any atom is -0.303 e. The molecule has 0 spiro atoms. The van der Waals surface area contributed by atoms with Gasteiger partial charge in [-0.25, -0.2) is 4.98 Å². The average Bonchev–Trinajstić information content (AvgIpc) is 3.00. The summed E-state index contributed by atoms with van der Waals surface area (Å²) in [4.78, 5) is 8.56. The van der Waals surface area contributed by atoms with E-state index < -0.39 is 0 Å². The minimum atomic E-state index is 0.745. The van der Waals surface area contributed by atoms with E-state index in [1.54, 1.807) is 0 Å². The highest BCUT2D eigenvalue weighted by Gasteiger charge is 2.28. The van der Waals surface area contributed by atoms with Crippen LogP contribution in [0.1, 0.15) is 41.5 Å². The molecule has 2 aliphatic rings. The van der Waals surface area contributed by atoms with E-state index in [1.165, 1.54) is 55.2 Å². The fourth-order valence-electron chi connectivity index (χ4n) is 2.59. The fraction of sp³-hybridized carbons (Fsp3) is 0.769. The zero-order chi connectivity index (χ0) is 11.0. The van der Waals surface area contributed by atoms with Crippen LogP contribution in [0, 0.1) is 12.8 Å². The third kappa shape index (κ3) is 2.46. The number of hydrogen-bond donors (Lipinski definition) is 0. The van der Waals surface area contributed by atoms with E-state index in [0.29, 0.717) is 0 Å². The van der Waals surface area contributed by atoms with Crippen LogP contribution in [0.25, 0.3) is 0 Å². The number of aromatic nitrogens is 1. The predicted octanol–water partition coefficient (Wildman–Crippen LogP) is 3.04. The highest BCUT2D eigenvalue weighted by molar-refractivity contribution is 7.11. The zero-order valence-corrected chi connectivity index (χ0v) is 10.8. The van der Waals surface area contributed by atoms with Gasteiger partial charge in [-0.3, -0.25) is 0 Å². The van der Waals surface area contributed by atoms with Gasteiger partial charge in [0.25, 0.3) is 0 Å². The van der Waals surface area contributed by atoms with Gasteiger partial charge in [-0.1, -0.05) is 0 Å². The van der Waals surface area contributed by atoms with Crippen molar-refractivity contribution in [1.82, 2.24) is 9.88 Å². The number of piperidine rings is 1. The maximum absolute atomic E-state index is 4.54. The Labute approximate surface area is 102 Å². The fourth-order valence-corrected chi connectivity index (χ4v) is 3.53. The summed E-state index contributed by atoms with van der Waals surface area (Å²) < 4.78 is 0. The van der Waals surface area contributed by atoms with Crippen molar-refractivity contribution >= 4 is 11.3 Å². The Morgan fingerprint density at radius 3 is 2.62 bits per heavy atom. The molecule has 1 saturated carbocycles. The smallest absolute Gasteiger partial charge is 0.0959 e. The molecule has 0 bridgehead atoms. The van der Waals surface area contributed by atoms with Crippen LogP contribution in [0.2, 0.25) is 0 Å². The van der Waals surface area contributed by atoms with Crippen molar-refractivity contribution in [2.45, 2.75) is 38.5 Å². The molecule has 2 fully saturated rings. The summed E-state index contributed by atoms with van der Waals surface area (Å²) in [6, 6.07) is 0. The first kappa shape index (κ1) is 10.7. The molecule has 88 valence electrons. The third-order valence-corrected chi connectivity index (χ3v) is 4.86. The molecule has 0 aromatic carbocycles. The molecule has 1 aromatic rings. The van der Waals surface area contributed by atoms with Gasteiger partial charge in [-0.05, 0) is 51.6 Å². The molecule has 2 nitrogen and oxygen atoms in total. The third-order valence-electron chi connectivity index (χ3n) is 3.79. The van der Waals surface area contributed by atoms with Crippen LogP contribution in [0.4, 0.5) is 0 Å². The lowest BCUT2D eigenvalue weighted by atomic mass is 9.97. The summed E-state index contributed by atoms with van der Waals surface area (Å²) in [6.45, 7) is 6.10. The van der Waals surface area contributed by atoms with Crippen molar-refractivity contribution < 1.29 is 0 Å². The first-order chi connectivity index (χ1) is 7.81. The van der Waals surface area contributed by atoms with Gasteiger partial charge in [0.2, 0.25) is 0 Å². The van der Waals surface area contributed by atoms with Crippen molar-refractivity contribution in [2.24, 2.45) is 5.92 Å². The number of rotatable bonds is 3. The first-order valence-corrected chi connectivity index (χ1v) is 7.27. The van der Waals surface area contributed by atoms with Crippen LogP contribution >= 0.6 is 11.3 Å². The molecule has 0 unspecified atom stereocenters. The van der Waals surface area contributed by atoms with Gasteiger partial charge in [-0.15, -0.1) is 11.3 Å². The van der Waals surface area contributed by atoms with Gasteiger partial charge < -0.3 is 4.90 Å².